The monoisotopic (exact) mass is 203 g/mol. The van der Waals surface area contributed by atoms with E-state index in [9.17, 15) is 4.79 Å². The van der Waals surface area contributed by atoms with Crippen LogP contribution in [-0.4, -0.2) is 34.9 Å². The lowest BCUT2D eigenvalue weighted by atomic mass is 10.0. The molecule has 4 nitrogen and oxygen atoms in total. The Hall–Kier alpha value is -0.610. The average Bonchev–Trinajstić information content (AvgIpc) is 2.17. The molecular weight excluding hydrogens is 182 g/mol. The highest BCUT2D eigenvalue weighted by molar-refractivity contribution is 5.77. The number of aliphatic hydroxyl groups excluding tert-OH is 2. The number of hydrogen-bond donors (Lipinski definition) is 3. The van der Waals surface area contributed by atoms with Gasteiger partial charge in [-0.2, -0.15) is 0 Å². The quantitative estimate of drug-likeness (QED) is 0.581. The van der Waals surface area contributed by atoms with Gasteiger partial charge >= 0.3 is 0 Å². The zero-order valence-corrected chi connectivity index (χ0v) is 9.21. The van der Waals surface area contributed by atoms with Crippen molar-refractivity contribution in [3.63, 3.8) is 0 Å². The first kappa shape index (κ1) is 13.4. The number of rotatable bonds is 6. The first-order valence-electron chi connectivity index (χ1n) is 5.00. The van der Waals surface area contributed by atoms with E-state index in [1.165, 1.54) is 0 Å². The lowest BCUT2D eigenvalue weighted by molar-refractivity contribution is -0.124. The average molecular weight is 203 g/mol. The molecule has 4 heteroatoms. The number of amides is 1. The van der Waals surface area contributed by atoms with Crippen molar-refractivity contribution in [2.24, 2.45) is 5.92 Å². The molecule has 0 bridgehead atoms. The highest BCUT2D eigenvalue weighted by atomic mass is 16.3. The summed E-state index contributed by atoms with van der Waals surface area (Å²) in [5.74, 6) is 0.210. The van der Waals surface area contributed by atoms with Crippen LogP contribution in [0.25, 0.3) is 0 Å². The van der Waals surface area contributed by atoms with Crippen molar-refractivity contribution >= 4 is 5.91 Å². The molecule has 0 saturated heterocycles. The second-order valence-electron chi connectivity index (χ2n) is 4.14. The predicted octanol–water partition coefficient (Wildman–Crippen LogP) is 0.282. The second kappa shape index (κ2) is 5.98. The van der Waals surface area contributed by atoms with Gasteiger partial charge < -0.3 is 15.5 Å². The lowest BCUT2D eigenvalue weighted by Crippen LogP contribution is -2.52. The van der Waals surface area contributed by atoms with Crippen LogP contribution in [0.1, 0.15) is 33.6 Å². The van der Waals surface area contributed by atoms with E-state index in [0.717, 1.165) is 6.42 Å². The summed E-state index contributed by atoms with van der Waals surface area (Å²) < 4.78 is 0. The largest absolute Gasteiger partial charge is 0.394 e. The summed E-state index contributed by atoms with van der Waals surface area (Å²) in [6.07, 6.45) is 1.38. The predicted molar refractivity (Wildman–Crippen MR) is 54.8 cm³/mol. The van der Waals surface area contributed by atoms with Gasteiger partial charge in [0.05, 0.1) is 18.8 Å². The summed E-state index contributed by atoms with van der Waals surface area (Å²) in [4.78, 5) is 11.4. The van der Waals surface area contributed by atoms with Gasteiger partial charge in [-0.05, 0) is 12.8 Å². The van der Waals surface area contributed by atoms with Gasteiger partial charge in [0, 0.05) is 6.42 Å². The van der Waals surface area contributed by atoms with Gasteiger partial charge in [0.2, 0.25) is 5.91 Å². The van der Waals surface area contributed by atoms with Crippen LogP contribution < -0.4 is 5.32 Å². The molecule has 0 aliphatic heterocycles. The van der Waals surface area contributed by atoms with E-state index in [1.54, 1.807) is 6.92 Å². The molecule has 0 fully saturated rings. The molecule has 0 aromatic heterocycles. The molecular formula is C10H21NO3. The fourth-order valence-electron chi connectivity index (χ4n) is 0.978. The Labute approximate surface area is 85.3 Å². The molecule has 3 N–H and O–H groups in total. The summed E-state index contributed by atoms with van der Waals surface area (Å²) >= 11 is 0. The molecule has 0 heterocycles. The molecule has 1 unspecified atom stereocenters. The minimum Gasteiger partial charge on any atom is -0.394 e. The van der Waals surface area contributed by atoms with Gasteiger partial charge in [0.25, 0.3) is 0 Å². The molecule has 84 valence electrons. The molecule has 0 radical (unpaired) electrons. The molecule has 0 aliphatic carbocycles. The normalized spacial score (nSPS) is 13.8. The van der Waals surface area contributed by atoms with E-state index in [-0.39, 0.29) is 19.1 Å². The molecule has 14 heavy (non-hydrogen) atoms. The minimum absolute atomic E-state index is 0.120. The number of carbonyl (C=O) groups excluding carboxylic acids is 1. The maximum absolute atomic E-state index is 11.4. The molecule has 0 saturated carbocycles. The van der Waals surface area contributed by atoms with Crippen LogP contribution in [0.15, 0.2) is 0 Å². The topological polar surface area (TPSA) is 69.6 Å². The van der Waals surface area contributed by atoms with Crippen molar-refractivity contribution in [1.29, 1.82) is 0 Å². The van der Waals surface area contributed by atoms with Crippen molar-refractivity contribution in [3.8, 4) is 0 Å². The maximum atomic E-state index is 11.4. The molecule has 1 atom stereocenters. The minimum atomic E-state index is -0.898. The van der Waals surface area contributed by atoms with Crippen molar-refractivity contribution in [2.75, 3.05) is 13.2 Å². The molecule has 0 aromatic rings. The molecule has 0 rings (SSSR count). The smallest absolute Gasteiger partial charge is 0.220 e. The molecule has 1 amide bonds. The Balaban J connectivity index is 4.04. The van der Waals surface area contributed by atoms with Crippen molar-refractivity contribution in [2.45, 2.75) is 39.2 Å². The van der Waals surface area contributed by atoms with Gasteiger partial charge in [0.1, 0.15) is 0 Å². The van der Waals surface area contributed by atoms with E-state index in [4.69, 9.17) is 10.2 Å². The van der Waals surface area contributed by atoms with Gasteiger partial charge in [-0.3, -0.25) is 4.79 Å². The van der Waals surface area contributed by atoms with Crippen LogP contribution >= 0.6 is 0 Å². The summed E-state index contributed by atoms with van der Waals surface area (Å²) in [6, 6.07) is 0. The van der Waals surface area contributed by atoms with Crippen LogP contribution in [0.4, 0.5) is 0 Å². The van der Waals surface area contributed by atoms with E-state index in [1.807, 2.05) is 13.8 Å². The van der Waals surface area contributed by atoms with Crippen molar-refractivity contribution < 1.29 is 15.0 Å². The van der Waals surface area contributed by atoms with E-state index in [2.05, 4.69) is 5.32 Å². The molecule has 0 aromatic carbocycles. The van der Waals surface area contributed by atoms with Crippen molar-refractivity contribution in [3.05, 3.63) is 0 Å². The first-order chi connectivity index (χ1) is 6.47. The summed E-state index contributed by atoms with van der Waals surface area (Å²) in [6.45, 7) is 5.12. The van der Waals surface area contributed by atoms with Crippen LogP contribution in [-0.2, 0) is 4.79 Å². The maximum Gasteiger partial charge on any atom is 0.220 e. The zero-order valence-electron chi connectivity index (χ0n) is 9.21. The van der Waals surface area contributed by atoms with Crippen LogP contribution in [0.2, 0.25) is 0 Å². The zero-order chi connectivity index (χ0) is 11.2. The van der Waals surface area contributed by atoms with E-state index in [0.29, 0.717) is 12.3 Å². The summed E-state index contributed by atoms with van der Waals surface area (Å²) in [5.41, 5.74) is -0.898. The van der Waals surface area contributed by atoms with E-state index >= 15 is 0 Å². The lowest BCUT2D eigenvalue weighted by Gasteiger charge is -2.26. The third-order valence-corrected chi connectivity index (χ3v) is 2.37. The summed E-state index contributed by atoms with van der Waals surface area (Å²) in [7, 11) is 0. The standard InChI is InChI=1S/C10H21NO3/c1-4-8(2)5-9(14)11-10(3,6-12)7-13/h8,12-13H,4-7H2,1-3H3,(H,11,14). The third-order valence-electron chi connectivity index (χ3n) is 2.37. The Bertz CT molecular complexity index is 178. The van der Waals surface area contributed by atoms with Crippen LogP contribution in [0.5, 0.6) is 0 Å². The molecule has 0 spiro atoms. The highest BCUT2D eigenvalue weighted by Crippen LogP contribution is 2.08. The number of hydrogen-bond acceptors (Lipinski definition) is 3. The Morgan fingerprint density at radius 1 is 1.43 bits per heavy atom. The van der Waals surface area contributed by atoms with E-state index < -0.39 is 5.54 Å². The Morgan fingerprint density at radius 2 is 1.93 bits per heavy atom. The fourth-order valence-corrected chi connectivity index (χ4v) is 0.978. The van der Waals surface area contributed by atoms with Crippen LogP contribution in [0, 0.1) is 5.92 Å². The van der Waals surface area contributed by atoms with Crippen LogP contribution in [0.3, 0.4) is 0 Å². The van der Waals surface area contributed by atoms with Gasteiger partial charge in [-0.25, -0.2) is 0 Å². The highest BCUT2D eigenvalue weighted by Gasteiger charge is 2.24. The second-order valence-corrected chi connectivity index (χ2v) is 4.14. The molecule has 0 aliphatic rings. The summed E-state index contributed by atoms with van der Waals surface area (Å²) in [5, 5.41) is 20.5. The third kappa shape index (κ3) is 4.58. The van der Waals surface area contributed by atoms with Gasteiger partial charge in [-0.1, -0.05) is 20.3 Å². The van der Waals surface area contributed by atoms with Crippen molar-refractivity contribution in [1.82, 2.24) is 5.32 Å². The fraction of sp³-hybridized carbons (Fsp3) is 0.900. The van der Waals surface area contributed by atoms with Gasteiger partial charge in [-0.15, -0.1) is 0 Å². The van der Waals surface area contributed by atoms with Gasteiger partial charge in [0.15, 0.2) is 0 Å². The number of nitrogens with one attached hydrogen (secondary N) is 1. The first-order valence-corrected chi connectivity index (χ1v) is 5.00. The Morgan fingerprint density at radius 3 is 2.29 bits per heavy atom. The number of aliphatic hydroxyl groups is 2. The SMILES string of the molecule is CCC(C)CC(=O)NC(C)(CO)CO. The number of carbonyl (C=O) groups is 1. The Kier molecular flexibility index (Phi) is 5.72.